The summed E-state index contributed by atoms with van der Waals surface area (Å²) >= 11 is 0. The summed E-state index contributed by atoms with van der Waals surface area (Å²) in [5.74, 6) is 0.668. The molecule has 1 aromatic rings. The summed E-state index contributed by atoms with van der Waals surface area (Å²) < 4.78 is 10.4. The molecule has 0 bridgehead atoms. The normalized spacial score (nSPS) is 14.6. The molecule has 1 heterocycles. The highest BCUT2D eigenvalue weighted by Crippen LogP contribution is 2.27. The quantitative estimate of drug-likeness (QED) is 0.798. The minimum atomic E-state index is -0.712. The van der Waals surface area contributed by atoms with E-state index in [1.165, 1.54) is 0 Å². The Hall–Kier alpha value is -1.59. The number of carbonyl (C=O) groups is 1. The van der Waals surface area contributed by atoms with Gasteiger partial charge in [0.05, 0.1) is 12.7 Å². The Morgan fingerprint density at radius 3 is 3.21 bits per heavy atom. The van der Waals surface area contributed by atoms with E-state index in [4.69, 9.17) is 9.47 Å². The third-order valence-corrected chi connectivity index (χ3v) is 3.03. The number of hydrogen-bond acceptors (Lipinski definition) is 4. The van der Waals surface area contributed by atoms with Gasteiger partial charge >= 0.3 is 0 Å². The molecule has 1 aliphatic heterocycles. The molecule has 0 fully saturated rings. The zero-order valence-corrected chi connectivity index (χ0v) is 11.0. The Kier molecular flexibility index (Phi) is 4.76. The first-order valence-corrected chi connectivity index (χ1v) is 6.49. The molecule has 0 saturated carbocycles. The fraction of sp³-hybridized carbons (Fsp3) is 0.500. The molecule has 19 heavy (non-hydrogen) atoms. The zero-order valence-electron chi connectivity index (χ0n) is 11.0. The van der Waals surface area contributed by atoms with Crippen LogP contribution < -0.4 is 10.1 Å². The molecule has 0 spiro atoms. The van der Waals surface area contributed by atoms with E-state index in [2.05, 4.69) is 5.32 Å². The summed E-state index contributed by atoms with van der Waals surface area (Å²) in [7, 11) is 0. The van der Waals surface area contributed by atoms with E-state index in [9.17, 15) is 9.90 Å². The SMILES string of the molecule is CCOCC(=O)NCC(O)c1ccc2c(c1)CCO2. The molecule has 5 heteroatoms. The average molecular weight is 265 g/mol. The maximum Gasteiger partial charge on any atom is 0.246 e. The minimum absolute atomic E-state index is 0.0290. The van der Waals surface area contributed by atoms with E-state index in [0.29, 0.717) is 13.2 Å². The highest BCUT2D eigenvalue weighted by atomic mass is 16.5. The van der Waals surface area contributed by atoms with Crippen LogP contribution in [0.2, 0.25) is 0 Å². The van der Waals surface area contributed by atoms with Crippen molar-refractivity contribution in [2.75, 3.05) is 26.4 Å². The summed E-state index contributed by atoms with van der Waals surface area (Å²) in [6.45, 7) is 3.24. The first kappa shape index (κ1) is 13.8. The van der Waals surface area contributed by atoms with Crippen molar-refractivity contribution < 1.29 is 19.4 Å². The monoisotopic (exact) mass is 265 g/mol. The standard InChI is InChI=1S/C14H19NO4/c1-2-18-9-14(17)15-8-12(16)10-3-4-13-11(7-10)5-6-19-13/h3-4,7,12,16H,2,5-6,8-9H2,1H3,(H,15,17). The number of rotatable bonds is 6. The second-order valence-corrected chi connectivity index (χ2v) is 4.42. The summed E-state index contributed by atoms with van der Waals surface area (Å²) in [6, 6.07) is 5.62. The van der Waals surface area contributed by atoms with Crippen molar-refractivity contribution >= 4 is 5.91 Å². The lowest BCUT2D eigenvalue weighted by Gasteiger charge is -2.13. The number of aliphatic hydroxyl groups excluding tert-OH is 1. The van der Waals surface area contributed by atoms with Crippen LogP contribution in [0.25, 0.3) is 0 Å². The van der Waals surface area contributed by atoms with Crippen molar-refractivity contribution in [2.24, 2.45) is 0 Å². The molecule has 2 rings (SSSR count). The maximum atomic E-state index is 11.4. The zero-order chi connectivity index (χ0) is 13.7. The van der Waals surface area contributed by atoms with E-state index in [0.717, 1.165) is 23.3 Å². The van der Waals surface area contributed by atoms with Gasteiger partial charge in [-0.15, -0.1) is 0 Å². The molecule has 2 N–H and O–H groups in total. The highest BCUT2D eigenvalue weighted by molar-refractivity contribution is 5.77. The van der Waals surface area contributed by atoms with Crippen LogP contribution in [0.5, 0.6) is 5.75 Å². The fourth-order valence-corrected chi connectivity index (χ4v) is 1.99. The highest BCUT2D eigenvalue weighted by Gasteiger charge is 2.15. The molecule has 1 atom stereocenters. The molecule has 1 unspecified atom stereocenters. The summed E-state index contributed by atoms with van der Waals surface area (Å²) in [6.07, 6.45) is 0.156. The number of carbonyl (C=O) groups excluding carboxylic acids is 1. The van der Waals surface area contributed by atoms with Crippen molar-refractivity contribution in [3.63, 3.8) is 0 Å². The smallest absolute Gasteiger partial charge is 0.246 e. The molecular formula is C14H19NO4. The second-order valence-electron chi connectivity index (χ2n) is 4.42. The van der Waals surface area contributed by atoms with Gasteiger partial charge in [0.15, 0.2) is 0 Å². The van der Waals surface area contributed by atoms with Crippen molar-refractivity contribution in [1.29, 1.82) is 0 Å². The van der Waals surface area contributed by atoms with Gasteiger partial charge in [0, 0.05) is 19.6 Å². The van der Waals surface area contributed by atoms with E-state index in [1.807, 2.05) is 25.1 Å². The number of nitrogens with one attached hydrogen (secondary N) is 1. The number of aliphatic hydroxyl groups is 1. The number of hydrogen-bond donors (Lipinski definition) is 2. The molecule has 1 amide bonds. The predicted octanol–water partition coefficient (Wildman–Crippen LogP) is 0.808. The van der Waals surface area contributed by atoms with Gasteiger partial charge in [-0.1, -0.05) is 6.07 Å². The van der Waals surface area contributed by atoms with Crippen molar-refractivity contribution in [1.82, 2.24) is 5.32 Å². The topological polar surface area (TPSA) is 67.8 Å². The summed E-state index contributed by atoms with van der Waals surface area (Å²) in [5.41, 5.74) is 1.90. The number of ether oxygens (including phenoxy) is 2. The molecule has 1 aromatic carbocycles. The Balaban J connectivity index is 1.86. The van der Waals surface area contributed by atoms with Crippen LogP contribution in [-0.2, 0) is 16.0 Å². The van der Waals surface area contributed by atoms with E-state index < -0.39 is 6.10 Å². The first-order chi connectivity index (χ1) is 9.20. The Morgan fingerprint density at radius 2 is 2.42 bits per heavy atom. The molecule has 0 aromatic heterocycles. The van der Waals surface area contributed by atoms with Gasteiger partial charge in [0.2, 0.25) is 5.91 Å². The second kappa shape index (κ2) is 6.54. The number of amides is 1. The maximum absolute atomic E-state index is 11.4. The van der Waals surface area contributed by atoms with Gasteiger partial charge in [-0.05, 0) is 30.2 Å². The van der Waals surface area contributed by atoms with Crippen molar-refractivity contribution in [3.8, 4) is 5.75 Å². The molecule has 104 valence electrons. The average Bonchev–Trinajstić information content (AvgIpc) is 2.89. The third-order valence-electron chi connectivity index (χ3n) is 3.03. The Labute approximate surface area is 112 Å². The van der Waals surface area contributed by atoms with Gasteiger partial charge < -0.3 is 19.9 Å². The molecule has 5 nitrogen and oxygen atoms in total. The lowest BCUT2D eigenvalue weighted by Crippen LogP contribution is -2.31. The van der Waals surface area contributed by atoms with Crippen LogP contribution in [0.15, 0.2) is 18.2 Å². The van der Waals surface area contributed by atoms with Crippen LogP contribution in [0.4, 0.5) is 0 Å². The Bertz CT molecular complexity index is 447. The minimum Gasteiger partial charge on any atom is -0.493 e. The fourth-order valence-electron chi connectivity index (χ4n) is 1.99. The predicted molar refractivity (Wildman–Crippen MR) is 70.1 cm³/mol. The first-order valence-electron chi connectivity index (χ1n) is 6.49. The number of benzene rings is 1. The van der Waals surface area contributed by atoms with Crippen molar-refractivity contribution in [2.45, 2.75) is 19.4 Å². The van der Waals surface area contributed by atoms with E-state index in [-0.39, 0.29) is 19.1 Å². The summed E-state index contributed by atoms with van der Waals surface area (Å²) in [5, 5.41) is 12.7. The molecular weight excluding hydrogens is 246 g/mol. The molecule has 0 radical (unpaired) electrons. The largest absolute Gasteiger partial charge is 0.493 e. The molecule has 0 saturated heterocycles. The van der Waals surface area contributed by atoms with Gasteiger partial charge in [0.25, 0.3) is 0 Å². The van der Waals surface area contributed by atoms with Crippen LogP contribution in [0.3, 0.4) is 0 Å². The van der Waals surface area contributed by atoms with Crippen molar-refractivity contribution in [3.05, 3.63) is 29.3 Å². The summed E-state index contributed by atoms with van der Waals surface area (Å²) in [4.78, 5) is 11.4. The van der Waals surface area contributed by atoms with Crippen LogP contribution in [-0.4, -0.2) is 37.4 Å². The van der Waals surface area contributed by atoms with Gasteiger partial charge in [-0.25, -0.2) is 0 Å². The van der Waals surface area contributed by atoms with Gasteiger partial charge in [-0.2, -0.15) is 0 Å². The van der Waals surface area contributed by atoms with E-state index in [1.54, 1.807) is 0 Å². The third kappa shape index (κ3) is 3.68. The van der Waals surface area contributed by atoms with Crippen LogP contribution in [0, 0.1) is 0 Å². The van der Waals surface area contributed by atoms with Crippen LogP contribution >= 0.6 is 0 Å². The van der Waals surface area contributed by atoms with Crippen LogP contribution in [0.1, 0.15) is 24.2 Å². The van der Waals surface area contributed by atoms with Gasteiger partial charge in [0.1, 0.15) is 12.4 Å². The molecule has 1 aliphatic rings. The lowest BCUT2D eigenvalue weighted by atomic mass is 10.0. The lowest BCUT2D eigenvalue weighted by molar-refractivity contribution is -0.126. The number of fused-ring (bicyclic) bond motifs is 1. The van der Waals surface area contributed by atoms with Gasteiger partial charge in [-0.3, -0.25) is 4.79 Å². The van der Waals surface area contributed by atoms with E-state index >= 15 is 0 Å². The molecule has 0 aliphatic carbocycles. The Morgan fingerprint density at radius 1 is 1.58 bits per heavy atom.